The van der Waals surface area contributed by atoms with Gasteiger partial charge >= 0.3 is 0 Å². The van der Waals surface area contributed by atoms with Crippen molar-refractivity contribution >= 4 is 23.3 Å². The molecule has 13 nitrogen and oxygen atoms in total. The predicted octanol–water partition coefficient (Wildman–Crippen LogP) is 0.709. The molecule has 0 saturated heterocycles. The van der Waals surface area contributed by atoms with Crippen molar-refractivity contribution in [1.82, 2.24) is 5.32 Å². The second-order valence-corrected chi connectivity index (χ2v) is 9.28. The number of ketones is 3. The molecule has 0 unspecified atom stereocenters. The number of hydrogen-bond donors (Lipinski definition) is 1. The van der Waals surface area contributed by atoms with Gasteiger partial charge in [-0.15, -0.1) is 0 Å². The Morgan fingerprint density at radius 1 is 0.571 bits per heavy atom. The average Bonchev–Trinajstić information content (AvgIpc) is 3.29. The predicted molar refractivity (Wildman–Crippen MR) is 151 cm³/mol. The maximum atomic E-state index is 11.8. The molecule has 42 heavy (non-hydrogen) atoms. The Kier molecular flexibility index (Phi) is 25.0. The van der Waals surface area contributed by atoms with Crippen molar-refractivity contribution in [3.8, 4) is 0 Å². The molecule has 1 aliphatic rings. The van der Waals surface area contributed by atoms with E-state index in [1.165, 1.54) is 12.2 Å². The van der Waals surface area contributed by atoms with Gasteiger partial charge in [0, 0.05) is 19.4 Å². The number of carbonyl (C=O) groups excluding carboxylic acids is 4. The van der Waals surface area contributed by atoms with Crippen molar-refractivity contribution in [3.05, 3.63) is 12.2 Å². The zero-order valence-electron chi connectivity index (χ0n) is 25.0. The minimum Gasteiger partial charge on any atom is -0.379 e. The maximum Gasteiger partial charge on any atom is 0.220 e. The molecule has 0 aromatic heterocycles. The van der Waals surface area contributed by atoms with E-state index in [9.17, 15) is 19.2 Å². The molecule has 0 atom stereocenters. The molecule has 0 aromatic carbocycles. The van der Waals surface area contributed by atoms with Crippen LogP contribution in [0.4, 0.5) is 0 Å². The number of rotatable bonds is 31. The van der Waals surface area contributed by atoms with E-state index in [1.54, 1.807) is 6.92 Å². The number of nitrogens with one attached hydrogen (secondary N) is 1. The van der Waals surface area contributed by atoms with Crippen LogP contribution in [-0.4, -0.2) is 136 Å². The van der Waals surface area contributed by atoms with Crippen LogP contribution in [0.25, 0.3) is 0 Å². The third kappa shape index (κ3) is 23.5. The summed E-state index contributed by atoms with van der Waals surface area (Å²) in [6.45, 7) is 9.26. The van der Waals surface area contributed by atoms with Crippen LogP contribution in [0.15, 0.2) is 12.2 Å². The molecule has 13 heteroatoms. The summed E-state index contributed by atoms with van der Waals surface area (Å²) in [6.07, 6.45) is 4.20. The Bertz CT molecular complexity index is 743. The van der Waals surface area contributed by atoms with Gasteiger partial charge < -0.3 is 43.2 Å². The molecular weight excluding hydrogens is 554 g/mol. The largest absolute Gasteiger partial charge is 0.379 e. The molecule has 0 spiro atoms. The smallest absolute Gasteiger partial charge is 0.220 e. The van der Waals surface area contributed by atoms with E-state index in [4.69, 9.17) is 37.9 Å². The summed E-state index contributed by atoms with van der Waals surface area (Å²) in [4.78, 5) is 45.6. The van der Waals surface area contributed by atoms with Gasteiger partial charge in [0.05, 0.1) is 112 Å². The Hall–Kier alpha value is -2.10. The fourth-order valence-corrected chi connectivity index (χ4v) is 3.50. The molecule has 1 amide bonds. The van der Waals surface area contributed by atoms with Gasteiger partial charge in [0.2, 0.25) is 5.91 Å². The molecule has 0 radical (unpaired) electrons. The highest BCUT2D eigenvalue weighted by atomic mass is 16.6. The first-order valence-corrected chi connectivity index (χ1v) is 14.6. The van der Waals surface area contributed by atoms with E-state index in [0.717, 1.165) is 0 Å². The van der Waals surface area contributed by atoms with Crippen LogP contribution >= 0.6 is 0 Å². The lowest BCUT2D eigenvalue weighted by atomic mass is 9.98. The number of Topliss-reactive ketones (excluding diaryl/α,β-unsaturated/α-hetero) is 1. The molecule has 1 aliphatic carbocycles. The zero-order chi connectivity index (χ0) is 30.5. The van der Waals surface area contributed by atoms with Crippen molar-refractivity contribution in [3.63, 3.8) is 0 Å². The van der Waals surface area contributed by atoms with Crippen molar-refractivity contribution in [2.24, 2.45) is 5.92 Å². The summed E-state index contributed by atoms with van der Waals surface area (Å²) in [6, 6.07) is 0. The highest BCUT2D eigenvalue weighted by molar-refractivity contribution is 6.18. The van der Waals surface area contributed by atoms with Crippen LogP contribution in [0.2, 0.25) is 0 Å². The molecule has 1 N–H and O–H groups in total. The van der Waals surface area contributed by atoms with Gasteiger partial charge in [0.25, 0.3) is 0 Å². The highest BCUT2D eigenvalue weighted by Crippen LogP contribution is 2.17. The molecule has 0 saturated carbocycles. The fourth-order valence-electron chi connectivity index (χ4n) is 3.50. The van der Waals surface area contributed by atoms with Gasteiger partial charge in [-0.3, -0.25) is 19.2 Å². The van der Waals surface area contributed by atoms with Gasteiger partial charge in [0.15, 0.2) is 11.6 Å². The third-order valence-corrected chi connectivity index (χ3v) is 5.77. The van der Waals surface area contributed by atoms with Crippen LogP contribution in [0, 0.1) is 5.92 Å². The number of ether oxygens (including phenoxy) is 8. The highest BCUT2D eigenvalue weighted by Gasteiger charge is 2.27. The monoisotopic (exact) mass is 603 g/mol. The SMILES string of the molecule is CC(=O)CCOCCOCCOCCOCCOCCOCCOCCOCCNC(=O)CCCC1C(=O)C=CC1=O. The van der Waals surface area contributed by atoms with E-state index < -0.39 is 5.92 Å². The maximum absolute atomic E-state index is 11.8. The van der Waals surface area contributed by atoms with Crippen molar-refractivity contribution < 1.29 is 57.1 Å². The first kappa shape index (κ1) is 37.9. The van der Waals surface area contributed by atoms with Crippen molar-refractivity contribution in [2.45, 2.75) is 32.6 Å². The first-order valence-electron chi connectivity index (χ1n) is 14.6. The zero-order valence-corrected chi connectivity index (χ0v) is 25.0. The van der Waals surface area contributed by atoms with Gasteiger partial charge in [-0.05, 0) is 31.9 Å². The van der Waals surface area contributed by atoms with E-state index in [2.05, 4.69) is 5.32 Å². The van der Waals surface area contributed by atoms with Gasteiger partial charge in [0.1, 0.15) is 5.78 Å². The van der Waals surface area contributed by atoms with Crippen molar-refractivity contribution in [2.75, 3.05) is 112 Å². The Morgan fingerprint density at radius 3 is 1.31 bits per heavy atom. The van der Waals surface area contributed by atoms with Crippen LogP contribution in [0.5, 0.6) is 0 Å². The molecular formula is C29H49NO12. The van der Waals surface area contributed by atoms with Gasteiger partial charge in [-0.2, -0.15) is 0 Å². The van der Waals surface area contributed by atoms with E-state index in [0.29, 0.717) is 132 Å². The lowest BCUT2D eigenvalue weighted by Crippen LogP contribution is -2.27. The second kappa shape index (κ2) is 27.7. The lowest BCUT2D eigenvalue weighted by Gasteiger charge is -2.09. The van der Waals surface area contributed by atoms with Crippen LogP contribution in [-0.2, 0) is 57.1 Å². The molecule has 0 aliphatic heterocycles. The molecule has 0 heterocycles. The van der Waals surface area contributed by atoms with E-state index in [-0.39, 0.29) is 29.7 Å². The van der Waals surface area contributed by atoms with Gasteiger partial charge in [-0.25, -0.2) is 0 Å². The van der Waals surface area contributed by atoms with Gasteiger partial charge in [-0.1, -0.05) is 0 Å². The summed E-state index contributed by atoms with van der Waals surface area (Å²) < 4.78 is 43.2. The second-order valence-electron chi connectivity index (χ2n) is 9.28. The summed E-state index contributed by atoms with van der Waals surface area (Å²) in [5.74, 6) is -0.959. The molecule has 0 aromatic rings. The normalized spacial score (nSPS) is 13.4. The Labute approximate surface area is 248 Å². The minimum atomic E-state index is -0.607. The third-order valence-electron chi connectivity index (χ3n) is 5.77. The Balaban J connectivity index is 1.68. The van der Waals surface area contributed by atoms with Crippen LogP contribution in [0.1, 0.15) is 32.6 Å². The number of hydrogen-bond acceptors (Lipinski definition) is 12. The summed E-state index contributed by atoms with van der Waals surface area (Å²) >= 11 is 0. The Morgan fingerprint density at radius 2 is 0.929 bits per heavy atom. The van der Waals surface area contributed by atoms with E-state index >= 15 is 0 Å². The minimum absolute atomic E-state index is 0.118. The number of carbonyl (C=O) groups is 4. The summed E-state index contributed by atoms with van der Waals surface area (Å²) in [5, 5.41) is 2.75. The summed E-state index contributed by atoms with van der Waals surface area (Å²) in [5.41, 5.74) is 0. The molecule has 242 valence electrons. The lowest BCUT2D eigenvalue weighted by molar-refractivity contribution is -0.127. The topological polar surface area (TPSA) is 154 Å². The standard InChI is InChI=1S/C29H49NO12/c1-25(31)7-9-35-11-13-37-15-17-39-19-21-41-23-24-42-22-20-40-18-16-38-14-12-36-10-8-30-29(34)4-2-3-26-27(32)5-6-28(26)33/h5-6,26H,2-4,7-24H2,1H3,(H,30,34). The molecule has 1 rings (SSSR count). The number of amides is 1. The average molecular weight is 604 g/mol. The fraction of sp³-hybridized carbons (Fsp3) is 0.793. The number of allylic oxidation sites excluding steroid dienone is 2. The molecule has 0 bridgehead atoms. The molecule has 0 fully saturated rings. The van der Waals surface area contributed by atoms with Crippen LogP contribution < -0.4 is 5.32 Å². The van der Waals surface area contributed by atoms with Crippen molar-refractivity contribution in [1.29, 1.82) is 0 Å². The summed E-state index contributed by atoms with van der Waals surface area (Å²) in [7, 11) is 0. The quantitative estimate of drug-likeness (QED) is 0.0877. The van der Waals surface area contributed by atoms with Crippen LogP contribution in [0.3, 0.4) is 0 Å². The van der Waals surface area contributed by atoms with E-state index in [1.807, 2.05) is 0 Å². The first-order chi connectivity index (χ1) is 20.5.